The van der Waals surface area contributed by atoms with Gasteiger partial charge in [-0.3, -0.25) is 0 Å². The highest BCUT2D eigenvalue weighted by Gasteiger charge is 2.23. The summed E-state index contributed by atoms with van der Waals surface area (Å²) in [6.45, 7) is 0.938. The van der Waals surface area contributed by atoms with Gasteiger partial charge in [-0.1, -0.05) is 35.9 Å². The highest BCUT2D eigenvalue weighted by molar-refractivity contribution is 6.32. The number of halogens is 1. The van der Waals surface area contributed by atoms with Crippen LogP contribution in [0.15, 0.2) is 48.5 Å². The zero-order valence-electron chi connectivity index (χ0n) is 13.4. The Labute approximate surface area is 146 Å². The minimum absolute atomic E-state index is 0.701. The van der Waals surface area contributed by atoms with E-state index < -0.39 is 0 Å². The van der Waals surface area contributed by atoms with E-state index in [4.69, 9.17) is 21.4 Å². The highest BCUT2D eigenvalue weighted by atomic mass is 35.5. The lowest BCUT2D eigenvalue weighted by Gasteiger charge is -2.08. The molecule has 1 aliphatic rings. The SMILES string of the molecule is COc1ccc(Cc2nn(-c3ccccc3Cl)c3c2CCN3)cc1. The number of hydrogen-bond acceptors (Lipinski definition) is 3. The standard InChI is InChI=1S/C19H18ClN3O/c1-24-14-8-6-13(7-9-14)12-17-15-10-11-21-19(15)23(22-17)18-5-3-2-4-16(18)20/h2-9,21H,10-12H2,1H3. The molecule has 0 unspecified atom stereocenters. The van der Waals surface area contributed by atoms with E-state index in [1.54, 1.807) is 7.11 Å². The number of methoxy groups -OCH3 is 1. The van der Waals surface area contributed by atoms with Crippen LogP contribution in [0.4, 0.5) is 5.82 Å². The third kappa shape index (κ3) is 2.63. The van der Waals surface area contributed by atoms with E-state index in [-0.39, 0.29) is 0 Å². The lowest BCUT2D eigenvalue weighted by Crippen LogP contribution is -2.05. The van der Waals surface area contributed by atoms with Crippen LogP contribution in [0.25, 0.3) is 5.69 Å². The quantitative estimate of drug-likeness (QED) is 0.778. The molecule has 0 atom stereocenters. The first-order valence-corrected chi connectivity index (χ1v) is 8.36. The Morgan fingerprint density at radius 3 is 2.71 bits per heavy atom. The van der Waals surface area contributed by atoms with Gasteiger partial charge in [0.1, 0.15) is 11.6 Å². The summed E-state index contributed by atoms with van der Waals surface area (Å²) in [6, 6.07) is 15.9. The van der Waals surface area contributed by atoms with Crippen molar-refractivity contribution in [2.24, 2.45) is 0 Å². The predicted molar refractivity (Wildman–Crippen MR) is 96.6 cm³/mol. The summed E-state index contributed by atoms with van der Waals surface area (Å²) < 4.78 is 7.16. The van der Waals surface area contributed by atoms with E-state index in [1.807, 2.05) is 41.1 Å². The summed E-state index contributed by atoms with van der Waals surface area (Å²) in [6.07, 6.45) is 1.79. The summed E-state index contributed by atoms with van der Waals surface area (Å²) in [5, 5.41) is 8.98. The van der Waals surface area contributed by atoms with Crippen molar-refractivity contribution in [2.45, 2.75) is 12.8 Å². The van der Waals surface area contributed by atoms with E-state index in [0.717, 1.165) is 42.3 Å². The number of nitrogens with zero attached hydrogens (tertiary/aromatic N) is 2. The number of ether oxygens (including phenoxy) is 1. The Bertz CT molecular complexity index is 871. The second-order valence-corrected chi connectivity index (χ2v) is 6.25. The number of anilines is 1. The smallest absolute Gasteiger partial charge is 0.133 e. The van der Waals surface area contributed by atoms with Gasteiger partial charge in [0, 0.05) is 18.5 Å². The van der Waals surface area contributed by atoms with Gasteiger partial charge in [-0.25, -0.2) is 4.68 Å². The molecule has 3 aromatic rings. The number of nitrogens with one attached hydrogen (secondary N) is 1. The number of rotatable bonds is 4. The number of benzene rings is 2. The average Bonchev–Trinajstić information content (AvgIpc) is 3.20. The van der Waals surface area contributed by atoms with Crippen LogP contribution >= 0.6 is 11.6 Å². The lowest BCUT2D eigenvalue weighted by atomic mass is 10.1. The van der Waals surface area contributed by atoms with Crippen LogP contribution < -0.4 is 10.1 Å². The Morgan fingerprint density at radius 2 is 1.96 bits per heavy atom. The van der Waals surface area contributed by atoms with Gasteiger partial charge in [0.15, 0.2) is 0 Å². The average molecular weight is 340 g/mol. The maximum Gasteiger partial charge on any atom is 0.133 e. The summed E-state index contributed by atoms with van der Waals surface area (Å²) >= 11 is 6.36. The largest absolute Gasteiger partial charge is 0.497 e. The topological polar surface area (TPSA) is 39.1 Å². The van der Waals surface area contributed by atoms with Crippen LogP contribution in [0.2, 0.25) is 5.02 Å². The molecule has 1 N–H and O–H groups in total. The molecule has 1 aromatic heterocycles. The van der Waals surface area contributed by atoms with Gasteiger partial charge < -0.3 is 10.1 Å². The van der Waals surface area contributed by atoms with Gasteiger partial charge in [-0.15, -0.1) is 0 Å². The van der Waals surface area contributed by atoms with Gasteiger partial charge in [0.05, 0.1) is 23.5 Å². The molecule has 0 saturated carbocycles. The number of hydrogen-bond donors (Lipinski definition) is 1. The summed E-state index contributed by atoms with van der Waals surface area (Å²) in [5.41, 5.74) is 4.51. The van der Waals surface area contributed by atoms with E-state index in [1.165, 1.54) is 11.1 Å². The molecule has 0 saturated heterocycles. The Morgan fingerprint density at radius 1 is 1.17 bits per heavy atom. The summed E-state index contributed by atoms with van der Waals surface area (Å²) in [5.74, 6) is 1.93. The molecule has 0 radical (unpaired) electrons. The fourth-order valence-electron chi connectivity index (χ4n) is 3.12. The Kier molecular flexibility index (Phi) is 3.90. The van der Waals surface area contributed by atoms with Crippen LogP contribution in [-0.4, -0.2) is 23.4 Å². The van der Waals surface area contributed by atoms with Crippen LogP contribution in [0.3, 0.4) is 0 Å². The summed E-state index contributed by atoms with van der Waals surface area (Å²) in [7, 11) is 1.68. The minimum Gasteiger partial charge on any atom is -0.497 e. The monoisotopic (exact) mass is 339 g/mol. The van der Waals surface area contributed by atoms with Crippen LogP contribution in [0, 0.1) is 0 Å². The van der Waals surface area contributed by atoms with Crippen molar-refractivity contribution in [1.29, 1.82) is 0 Å². The molecule has 0 spiro atoms. The van der Waals surface area contributed by atoms with Crippen molar-refractivity contribution in [1.82, 2.24) is 9.78 Å². The van der Waals surface area contributed by atoms with Crippen LogP contribution in [0.5, 0.6) is 5.75 Å². The minimum atomic E-state index is 0.701. The summed E-state index contributed by atoms with van der Waals surface area (Å²) in [4.78, 5) is 0. The third-order valence-corrected chi connectivity index (χ3v) is 4.67. The third-order valence-electron chi connectivity index (χ3n) is 4.35. The molecule has 4 nitrogen and oxygen atoms in total. The Hall–Kier alpha value is -2.46. The van der Waals surface area contributed by atoms with E-state index in [2.05, 4.69) is 17.4 Å². The molecule has 0 bridgehead atoms. The Balaban J connectivity index is 1.72. The van der Waals surface area contributed by atoms with Gasteiger partial charge in [-0.05, 0) is 36.2 Å². The number of para-hydroxylation sites is 1. The molecular weight excluding hydrogens is 322 g/mol. The zero-order chi connectivity index (χ0) is 16.5. The second-order valence-electron chi connectivity index (χ2n) is 5.84. The van der Waals surface area contributed by atoms with Gasteiger partial charge >= 0.3 is 0 Å². The van der Waals surface area contributed by atoms with Crippen molar-refractivity contribution < 1.29 is 4.74 Å². The van der Waals surface area contributed by atoms with Crippen molar-refractivity contribution >= 4 is 17.4 Å². The van der Waals surface area contributed by atoms with Crippen LogP contribution in [-0.2, 0) is 12.8 Å². The van der Waals surface area contributed by atoms with Crippen molar-refractivity contribution in [2.75, 3.05) is 19.0 Å². The van der Waals surface area contributed by atoms with Gasteiger partial charge in [-0.2, -0.15) is 5.10 Å². The van der Waals surface area contributed by atoms with Crippen molar-refractivity contribution in [3.63, 3.8) is 0 Å². The van der Waals surface area contributed by atoms with Crippen molar-refractivity contribution in [3.8, 4) is 11.4 Å². The van der Waals surface area contributed by atoms with E-state index >= 15 is 0 Å². The molecular formula is C19H18ClN3O. The zero-order valence-corrected chi connectivity index (χ0v) is 14.2. The molecule has 4 rings (SSSR count). The first-order valence-electron chi connectivity index (χ1n) is 7.99. The fraction of sp³-hybridized carbons (Fsp3) is 0.211. The normalized spacial score (nSPS) is 12.8. The van der Waals surface area contributed by atoms with E-state index in [0.29, 0.717) is 5.02 Å². The van der Waals surface area contributed by atoms with Gasteiger partial charge in [0.25, 0.3) is 0 Å². The number of aromatic nitrogens is 2. The predicted octanol–water partition coefficient (Wildman–Crippen LogP) is 4.09. The molecule has 2 aromatic carbocycles. The molecule has 0 fully saturated rings. The molecule has 1 aliphatic heterocycles. The molecule has 0 amide bonds. The lowest BCUT2D eigenvalue weighted by molar-refractivity contribution is 0.414. The van der Waals surface area contributed by atoms with Gasteiger partial charge in [0.2, 0.25) is 0 Å². The highest BCUT2D eigenvalue weighted by Crippen LogP contribution is 2.32. The fourth-order valence-corrected chi connectivity index (χ4v) is 3.34. The first-order chi connectivity index (χ1) is 11.8. The molecule has 5 heteroatoms. The van der Waals surface area contributed by atoms with E-state index in [9.17, 15) is 0 Å². The first kappa shape index (κ1) is 15.1. The van der Waals surface area contributed by atoms with Crippen molar-refractivity contribution in [3.05, 3.63) is 70.4 Å². The maximum atomic E-state index is 6.36. The molecule has 24 heavy (non-hydrogen) atoms. The molecule has 0 aliphatic carbocycles. The molecule has 122 valence electrons. The molecule has 2 heterocycles. The number of fused-ring (bicyclic) bond motifs is 1. The maximum absolute atomic E-state index is 6.36. The van der Waals surface area contributed by atoms with Crippen LogP contribution in [0.1, 0.15) is 16.8 Å². The second kappa shape index (κ2) is 6.21.